The van der Waals surface area contributed by atoms with E-state index in [2.05, 4.69) is 15.9 Å². The second-order valence-corrected chi connectivity index (χ2v) is 5.32. The van der Waals surface area contributed by atoms with E-state index in [4.69, 9.17) is 0 Å². The van der Waals surface area contributed by atoms with E-state index in [1.165, 1.54) is 12.1 Å². The molecule has 0 amide bonds. The lowest BCUT2D eigenvalue weighted by Crippen LogP contribution is -2.14. The predicted octanol–water partition coefficient (Wildman–Crippen LogP) is 4.01. The third-order valence-electron chi connectivity index (χ3n) is 2.94. The normalized spacial score (nSPS) is 12.4. The molecule has 0 radical (unpaired) electrons. The maximum absolute atomic E-state index is 13.3. The Bertz CT molecular complexity index is 616. The first-order valence-electron chi connectivity index (χ1n) is 6.02. The Labute approximate surface area is 123 Å². The minimum atomic E-state index is -0.943. The van der Waals surface area contributed by atoms with Crippen LogP contribution in [0.25, 0.3) is 0 Å². The van der Waals surface area contributed by atoms with Crippen LogP contribution in [0.15, 0.2) is 40.9 Å². The topological polar surface area (TPSA) is 20.2 Å². The van der Waals surface area contributed by atoms with Crippen LogP contribution < -0.4 is 0 Å². The molecule has 2 aromatic rings. The van der Waals surface area contributed by atoms with E-state index in [-0.39, 0.29) is 12.8 Å². The number of hydrogen-bond acceptors (Lipinski definition) is 1. The number of benzene rings is 2. The lowest BCUT2D eigenvalue weighted by molar-refractivity contribution is 0.175. The van der Waals surface area contributed by atoms with Gasteiger partial charge in [-0.1, -0.05) is 18.2 Å². The van der Waals surface area contributed by atoms with Gasteiger partial charge in [0.05, 0.1) is 10.6 Å². The van der Waals surface area contributed by atoms with Gasteiger partial charge in [-0.05, 0) is 58.1 Å². The highest BCUT2D eigenvalue weighted by Gasteiger charge is 2.12. The SMILES string of the molecule is OC(Cc1ccc(F)c(F)c1)Cc1cccc(F)c1Br. The average Bonchev–Trinajstić information content (AvgIpc) is 2.39. The standard InChI is InChI=1S/C15H12BrF3O/c16-15-10(2-1-3-13(15)18)8-11(20)6-9-4-5-12(17)14(19)7-9/h1-5,7,11,20H,6,8H2. The van der Waals surface area contributed by atoms with Gasteiger partial charge in [-0.3, -0.25) is 0 Å². The molecule has 5 heteroatoms. The van der Waals surface area contributed by atoms with Crippen molar-refractivity contribution < 1.29 is 18.3 Å². The predicted molar refractivity (Wildman–Crippen MR) is 73.9 cm³/mol. The Balaban J connectivity index is 2.07. The number of hydrogen-bond donors (Lipinski definition) is 1. The molecule has 2 rings (SSSR count). The van der Waals surface area contributed by atoms with Gasteiger partial charge < -0.3 is 5.11 Å². The fraction of sp³-hybridized carbons (Fsp3) is 0.200. The smallest absolute Gasteiger partial charge is 0.159 e. The highest BCUT2D eigenvalue weighted by atomic mass is 79.9. The fourth-order valence-electron chi connectivity index (χ4n) is 1.97. The zero-order valence-corrected chi connectivity index (χ0v) is 12.0. The van der Waals surface area contributed by atoms with Gasteiger partial charge in [0, 0.05) is 0 Å². The zero-order valence-electron chi connectivity index (χ0n) is 10.4. The number of halogens is 4. The van der Waals surface area contributed by atoms with Gasteiger partial charge in [0.15, 0.2) is 11.6 Å². The molecule has 0 spiro atoms. The highest BCUT2D eigenvalue weighted by Crippen LogP contribution is 2.22. The van der Waals surface area contributed by atoms with Crippen LogP contribution in [0.5, 0.6) is 0 Å². The van der Waals surface area contributed by atoms with Crippen LogP contribution in [0.1, 0.15) is 11.1 Å². The molecule has 0 aliphatic carbocycles. The molecule has 0 fully saturated rings. The van der Waals surface area contributed by atoms with Gasteiger partial charge in [-0.25, -0.2) is 13.2 Å². The Kier molecular flexibility index (Phi) is 4.83. The van der Waals surface area contributed by atoms with Crippen molar-refractivity contribution in [3.8, 4) is 0 Å². The third kappa shape index (κ3) is 3.61. The summed E-state index contributed by atoms with van der Waals surface area (Å²) < 4.78 is 39.5. The van der Waals surface area contributed by atoms with E-state index >= 15 is 0 Å². The highest BCUT2D eigenvalue weighted by molar-refractivity contribution is 9.10. The first kappa shape index (κ1) is 15.1. The summed E-state index contributed by atoms with van der Waals surface area (Å²) in [5.41, 5.74) is 1.11. The van der Waals surface area contributed by atoms with Crippen LogP contribution >= 0.6 is 15.9 Å². The van der Waals surface area contributed by atoms with Crippen LogP contribution in [0.3, 0.4) is 0 Å². The second kappa shape index (κ2) is 6.41. The molecule has 20 heavy (non-hydrogen) atoms. The Morgan fingerprint density at radius 1 is 0.950 bits per heavy atom. The van der Waals surface area contributed by atoms with Gasteiger partial charge in [0.25, 0.3) is 0 Å². The summed E-state index contributed by atoms with van der Waals surface area (Å²) in [6, 6.07) is 8.06. The molecular weight excluding hydrogens is 333 g/mol. The van der Waals surface area contributed by atoms with Crippen molar-refractivity contribution in [2.45, 2.75) is 18.9 Å². The van der Waals surface area contributed by atoms with Gasteiger partial charge in [0.2, 0.25) is 0 Å². The minimum absolute atomic E-state index is 0.167. The fourth-order valence-corrected chi connectivity index (χ4v) is 2.40. The maximum atomic E-state index is 13.3. The molecule has 0 heterocycles. The van der Waals surface area contributed by atoms with Crippen molar-refractivity contribution in [1.82, 2.24) is 0 Å². The molecule has 0 aromatic heterocycles. The van der Waals surface area contributed by atoms with Crippen LogP contribution in [0.2, 0.25) is 0 Å². The Morgan fingerprint density at radius 2 is 1.70 bits per heavy atom. The molecule has 0 saturated heterocycles. The Morgan fingerprint density at radius 3 is 2.40 bits per heavy atom. The van der Waals surface area contributed by atoms with E-state index in [1.807, 2.05) is 0 Å². The average molecular weight is 345 g/mol. The molecular formula is C15H12BrF3O. The summed E-state index contributed by atoms with van der Waals surface area (Å²) in [5.74, 6) is -2.26. The molecule has 1 nitrogen and oxygen atoms in total. The van der Waals surface area contributed by atoms with Crippen molar-refractivity contribution in [1.29, 1.82) is 0 Å². The Hall–Kier alpha value is -1.33. The van der Waals surface area contributed by atoms with Crippen LogP contribution in [0.4, 0.5) is 13.2 Å². The maximum Gasteiger partial charge on any atom is 0.159 e. The van der Waals surface area contributed by atoms with E-state index in [9.17, 15) is 18.3 Å². The van der Waals surface area contributed by atoms with Crippen molar-refractivity contribution in [3.63, 3.8) is 0 Å². The molecule has 0 saturated carbocycles. The summed E-state index contributed by atoms with van der Waals surface area (Å²) in [5, 5.41) is 9.97. The molecule has 0 bridgehead atoms. The van der Waals surface area contributed by atoms with Crippen LogP contribution in [-0.4, -0.2) is 11.2 Å². The van der Waals surface area contributed by atoms with Crippen LogP contribution in [-0.2, 0) is 12.8 Å². The third-order valence-corrected chi connectivity index (χ3v) is 3.83. The first-order valence-corrected chi connectivity index (χ1v) is 6.81. The number of rotatable bonds is 4. The second-order valence-electron chi connectivity index (χ2n) is 4.52. The largest absolute Gasteiger partial charge is 0.392 e. The molecule has 1 atom stereocenters. The van der Waals surface area contributed by atoms with Gasteiger partial charge in [-0.2, -0.15) is 0 Å². The van der Waals surface area contributed by atoms with Crippen molar-refractivity contribution in [2.75, 3.05) is 0 Å². The molecule has 1 N–H and O–H groups in total. The molecule has 0 aliphatic heterocycles. The monoisotopic (exact) mass is 344 g/mol. The van der Waals surface area contributed by atoms with Crippen molar-refractivity contribution in [3.05, 3.63) is 69.4 Å². The van der Waals surface area contributed by atoms with Crippen LogP contribution in [0, 0.1) is 17.5 Å². The summed E-state index contributed by atoms with van der Waals surface area (Å²) in [7, 11) is 0. The first-order chi connectivity index (χ1) is 9.47. The summed E-state index contributed by atoms with van der Waals surface area (Å²) >= 11 is 3.12. The van der Waals surface area contributed by atoms with Gasteiger partial charge >= 0.3 is 0 Å². The minimum Gasteiger partial charge on any atom is -0.392 e. The summed E-state index contributed by atoms with van der Waals surface area (Å²) in [6.07, 6.45) is -0.421. The lowest BCUT2D eigenvalue weighted by Gasteiger charge is -2.12. The summed E-state index contributed by atoms with van der Waals surface area (Å²) in [4.78, 5) is 0. The van der Waals surface area contributed by atoms with Crippen molar-refractivity contribution >= 4 is 15.9 Å². The molecule has 106 valence electrons. The van der Waals surface area contributed by atoms with E-state index in [1.54, 1.807) is 12.1 Å². The quantitative estimate of drug-likeness (QED) is 0.888. The van der Waals surface area contributed by atoms with Gasteiger partial charge in [0.1, 0.15) is 5.82 Å². The van der Waals surface area contributed by atoms with Crippen molar-refractivity contribution in [2.24, 2.45) is 0 Å². The number of aliphatic hydroxyl groups is 1. The molecule has 2 aromatic carbocycles. The summed E-state index contributed by atoms with van der Waals surface area (Å²) in [6.45, 7) is 0. The number of aliphatic hydroxyl groups excluding tert-OH is 1. The van der Waals surface area contributed by atoms with Gasteiger partial charge in [-0.15, -0.1) is 0 Å². The lowest BCUT2D eigenvalue weighted by atomic mass is 10.0. The van der Waals surface area contributed by atoms with E-state index in [0.29, 0.717) is 15.6 Å². The van der Waals surface area contributed by atoms with E-state index < -0.39 is 23.6 Å². The molecule has 0 aliphatic rings. The van der Waals surface area contributed by atoms with E-state index in [0.717, 1.165) is 12.1 Å². The zero-order chi connectivity index (χ0) is 14.7. The molecule has 1 unspecified atom stereocenters.